The van der Waals surface area contributed by atoms with Crippen molar-refractivity contribution in [1.82, 2.24) is 25.1 Å². The lowest BCUT2D eigenvalue weighted by Gasteiger charge is -2.13. The number of fused-ring (bicyclic) bond motifs is 1. The molecule has 1 aliphatic heterocycles. The van der Waals surface area contributed by atoms with Crippen LogP contribution in [0.2, 0.25) is 0 Å². The Morgan fingerprint density at radius 2 is 2.14 bits per heavy atom. The van der Waals surface area contributed by atoms with Gasteiger partial charge < -0.3 is 20.7 Å². The molecule has 3 heterocycles. The average Bonchev–Trinajstić information content (AvgIpc) is 3.14. The van der Waals surface area contributed by atoms with Crippen molar-refractivity contribution in [2.75, 3.05) is 31.3 Å². The van der Waals surface area contributed by atoms with E-state index in [2.05, 4.69) is 25.9 Å². The second kappa shape index (κ2) is 7.43. The molecule has 1 aliphatic rings. The summed E-state index contributed by atoms with van der Waals surface area (Å²) in [7, 11) is 3.25. The predicted octanol–water partition coefficient (Wildman–Crippen LogP) is 2.55. The highest BCUT2D eigenvalue weighted by Gasteiger charge is 2.17. The predicted molar refractivity (Wildman–Crippen MR) is 105 cm³/mol. The van der Waals surface area contributed by atoms with E-state index >= 15 is 0 Å². The molecule has 0 aliphatic carbocycles. The van der Waals surface area contributed by atoms with Gasteiger partial charge in [-0.05, 0) is 25.1 Å². The van der Waals surface area contributed by atoms with Crippen LogP contribution in [-0.4, -0.2) is 40.5 Å². The van der Waals surface area contributed by atoms with Crippen LogP contribution in [0, 0.1) is 12.7 Å². The Balaban J connectivity index is 1.69. The minimum atomic E-state index is -0.459. The van der Waals surface area contributed by atoms with Crippen LogP contribution in [0.25, 0.3) is 5.69 Å². The summed E-state index contributed by atoms with van der Waals surface area (Å²) < 4.78 is 21.3. The number of aryl methyl sites for hydroxylation is 1. The lowest BCUT2D eigenvalue weighted by Crippen LogP contribution is -2.22. The van der Waals surface area contributed by atoms with Gasteiger partial charge in [0.25, 0.3) is 0 Å². The van der Waals surface area contributed by atoms with Crippen molar-refractivity contribution in [3.8, 4) is 11.4 Å². The smallest absolute Gasteiger partial charge is 0.229 e. The number of ether oxygens (including phenoxy) is 1. The molecular weight excluding hydrogens is 361 g/mol. The number of anilines is 3. The summed E-state index contributed by atoms with van der Waals surface area (Å²) in [4.78, 5) is 8.35. The first-order chi connectivity index (χ1) is 13.6. The molecule has 28 heavy (non-hydrogen) atoms. The summed E-state index contributed by atoms with van der Waals surface area (Å²) in [5.41, 5.74) is 4.09. The summed E-state index contributed by atoms with van der Waals surface area (Å²) in [5.74, 6) is 0.698. The third-order valence-electron chi connectivity index (χ3n) is 4.67. The highest BCUT2D eigenvalue weighted by atomic mass is 19.1. The van der Waals surface area contributed by atoms with Crippen molar-refractivity contribution in [1.29, 1.82) is 0 Å². The monoisotopic (exact) mass is 383 g/mol. The molecule has 1 aromatic carbocycles. The molecule has 0 amide bonds. The van der Waals surface area contributed by atoms with Gasteiger partial charge in [0.1, 0.15) is 11.4 Å². The number of aromatic nitrogens is 4. The van der Waals surface area contributed by atoms with Crippen molar-refractivity contribution in [2.45, 2.75) is 19.9 Å². The molecule has 0 spiro atoms. The molecule has 3 N–H and O–H groups in total. The third-order valence-corrected chi connectivity index (χ3v) is 4.67. The fourth-order valence-corrected chi connectivity index (χ4v) is 3.21. The van der Waals surface area contributed by atoms with E-state index in [1.807, 2.05) is 29.1 Å². The summed E-state index contributed by atoms with van der Waals surface area (Å²) in [5, 5.41) is 13.9. The molecule has 0 saturated carbocycles. The van der Waals surface area contributed by atoms with E-state index in [1.165, 1.54) is 5.56 Å². The molecule has 2 aromatic heterocycles. The van der Waals surface area contributed by atoms with Gasteiger partial charge in [-0.25, -0.2) is 14.1 Å². The van der Waals surface area contributed by atoms with E-state index in [-0.39, 0.29) is 11.5 Å². The van der Waals surface area contributed by atoms with E-state index in [1.54, 1.807) is 21.1 Å². The second-order valence-corrected chi connectivity index (χ2v) is 6.53. The number of rotatable bonds is 5. The molecule has 0 radical (unpaired) electrons. The number of methoxy groups -OCH3 is 1. The van der Waals surface area contributed by atoms with Gasteiger partial charge in [0.05, 0.1) is 18.5 Å². The van der Waals surface area contributed by atoms with Gasteiger partial charge in [-0.2, -0.15) is 10.1 Å². The van der Waals surface area contributed by atoms with Crippen molar-refractivity contribution in [3.05, 3.63) is 47.2 Å². The first kappa shape index (κ1) is 18.2. The Kier molecular flexibility index (Phi) is 4.82. The van der Waals surface area contributed by atoms with Crippen LogP contribution < -0.4 is 20.7 Å². The zero-order valence-corrected chi connectivity index (χ0v) is 16.0. The van der Waals surface area contributed by atoms with Crippen LogP contribution in [0.4, 0.5) is 21.8 Å². The van der Waals surface area contributed by atoms with Gasteiger partial charge in [0.15, 0.2) is 11.6 Å². The maximum absolute atomic E-state index is 14.0. The van der Waals surface area contributed by atoms with Gasteiger partial charge >= 0.3 is 0 Å². The van der Waals surface area contributed by atoms with Gasteiger partial charge in [-0.15, -0.1) is 0 Å². The van der Waals surface area contributed by atoms with Crippen molar-refractivity contribution in [3.63, 3.8) is 0 Å². The highest BCUT2D eigenvalue weighted by Crippen LogP contribution is 2.29. The first-order valence-electron chi connectivity index (χ1n) is 9.04. The molecular formula is C19H22FN7O. The van der Waals surface area contributed by atoms with Crippen molar-refractivity contribution < 1.29 is 9.13 Å². The number of halogens is 1. The van der Waals surface area contributed by atoms with Crippen molar-refractivity contribution in [2.24, 2.45) is 0 Å². The van der Waals surface area contributed by atoms with E-state index < -0.39 is 5.82 Å². The molecule has 9 heteroatoms. The lowest BCUT2D eigenvalue weighted by atomic mass is 10.1. The number of hydrogen-bond acceptors (Lipinski definition) is 7. The van der Waals surface area contributed by atoms with Crippen molar-refractivity contribution >= 4 is 17.5 Å². The van der Waals surface area contributed by atoms with Crippen LogP contribution in [0.15, 0.2) is 24.4 Å². The highest BCUT2D eigenvalue weighted by molar-refractivity contribution is 5.63. The minimum Gasteiger partial charge on any atom is -0.494 e. The standard InChI is InChI=1S/C19H22FN7O/c1-11-17(20)18(21-2)25-19(23-11)24-13-4-5-16(28-3)15(8-13)27-10-12-9-22-7-6-14(12)26-27/h4-5,8,10,22H,6-7,9H2,1-3H3,(H2,21,23,24,25). The molecule has 0 bridgehead atoms. The zero-order chi connectivity index (χ0) is 19.7. The summed E-state index contributed by atoms with van der Waals surface area (Å²) in [6, 6.07) is 5.62. The third kappa shape index (κ3) is 3.36. The Morgan fingerprint density at radius 3 is 2.89 bits per heavy atom. The number of nitrogens with zero attached hydrogens (tertiary/aromatic N) is 4. The molecule has 0 saturated heterocycles. The summed E-state index contributed by atoms with van der Waals surface area (Å²) in [6.07, 6.45) is 2.92. The zero-order valence-electron chi connectivity index (χ0n) is 16.0. The van der Waals surface area contributed by atoms with Crippen LogP contribution in [0.1, 0.15) is 17.0 Å². The Labute approximate surface area is 162 Å². The lowest BCUT2D eigenvalue weighted by molar-refractivity contribution is 0.411. The maximum Gasteiger partial charge on any atom is 0.229 e. The van der Waals surface area contributed by atoms with E-state index in [0.717, 1.165) is 36.6 Å². The number of nitrogens with one attached hydrogen (secondary N) is 3. The van der Waals surface area contributed by atoms with Gasteiger partial charge in [0.2, 0.25) is 5.95 Å². The normalized spacial score (nSPS) is 13.1. The molecule has 0 fully saturated rings. The molecule has 146 valence electrons. The van der Waals surface area contributed by atoms with Crippen LogP contribution in [0.5, 0.6) is 5.75 Å². The van der Waals surface area contributed by atoms with Gasteiger partial charge in [-0.1, -0.05) is 0 Å². The van der Waals surface area contributed by atoms with Crippen LogP contribution in [0.3, 0.4) is 0 Å². The topological polar surface area (TPSA) is 88.9 Å². The number of benzene rings is 1. The summed E-state index contributed by atoms with van der Waals surface area (Å²) in [6.45, 7) is 3.34. The van der Waals surface area contributed by atoms with Crippen LogP contribution >= 0.6 is 0 Å². The maximum atomic E-state index is 14.0. The Morgan fingerprint density at radius 1 is 1.29 bits per heavy atom. The fraction of sp³-hybridized carbons (Fsp3) is 0.316. The van der Waals surface area contributed by atoms with E-state index in [9.17, 15) is 4.39 Å². The van der Waals surface area contributed by atoms with Gasteiger partial charge in [0, 0.05) is 44.0 Å². The molecule has 4 rings (SSSR count). The van der Waals surface area contributed by atoms with E-state index in [0.29, 0.717) is 11.7 Å². The molecule has 3 aromatic rings. The first-order valence-corrected chi connectivity index (χ1v) is 9.04. The number of hydrogen-bond donors (Lipinski definition) is 3. The Hall–Kier alpha value is -3.20. The van der Waals surface area contributed by atoms with E-state index in [4.69, 9.17) is 9.84 Å². The molecule has 8 nitrogen and oxygen atoms in total. The fourth-order valence-electron chi connectivity index (χ4n) is 3.21. The second-order valence-electron chi connectivity index (χ2n) is 6.53. The average molecular weight is 383 g/mol. The molecule has 0 atom stereocenters. The minimum absolute atomic E-state index is 0.149. The quantitative estimate of drug-likeness (QED) is 0.624. The molecule has 0 unspecified atom stereocenters. The van der Waals surface area contributed by atoms with Gasteiger partial charge in [-0.3, -0.25) is 0 Å². The SMILES string of the molecule is CNc1nc(Nc2ccc(OC)c(-n3cc4c(n3)CCNC4)c2)nc(C)c1F. The summed E-state index contributed by atoms with van der Waals surface area (Å²) >= 11 is 0. The Bertz CT molecular complexity index is 994. The largest absolute Gasteiger partial charge is 0.494 e. The van der Waals surface area contributed by atoms with Crippen LogP contribution in [-0.2, 0) is 13.0 Å².